The fourth-order valence-corrected chi connectivity index (χ4v) is 2.52. The molecule has 0 saturated carbocycles. The summed E-state index contributed by atoms with van der Waals surface area (Å²) in [6, 6.07) is 5.43. The van der Waals surface area contributed by atoms with Crippen molar-refractivity contribution < 1.29 is 9.90 Å². The first-order valence-corrected chi connectivity index (χ1v) is 6.66. The van der Waals surface area contributed by atoms with E-state index in [-0.39, 0.29) is 12.5 Å². The Morgan fingerprint density at radius 2 is 2.33 bits per heavy atom. The second-order valence-corrected chi connectivity index (χ2v) is 5.29. The van der Waals surface area contributed by atoms with Crippen LogP contribution in [0.5, 0.6) is 0 Å². The minimum atomic E-state index is 0.0392. The van der Waals surface area contributed by atoms with Gasteiger partial charge in [-0.15, -0.1) is 0 Å². The van der Waals surface area contributed by atoms with Crippen molar-refractivity contribution in [2.24, 2.45) is 5.92 Å². The Balaban J connectivity index is 2.05. The molecule has 3 nitrogen and oxygen atoms in total. The smallest absolute Gasteiger partial charge is 0.253 e. The molecule has 1 amide bonds. The largest absolute Gasteiger partial charge is 0.396 e. The van der Waals surface area contributed by atoms with E-state index in [2.05, 4.69) is 0 Å². The SMILES string of the molecule is Cc1ccc(C(=O)N2CCC(CCO)C2)cc1Cl. The first-order valence-electron chi connectivity index (χ1n) is 6.28. The molecule has 98 valence electrons. The molecule has 1 atom stereocenters. The lowest BCUT2D eigenvalue weighted by Crippen LogP contribution is -2.28. The number of carbonyl (C=O) groups is 1. The predicted octanol–water partition coefficient (Wildman–Crippen LogP) is 2.49. The van der Waals surface area contributed by atoms with Crippen molar-refractivity contribution in [2.45, 2.75) is 19.8 Å². The number of nitrogens with zero attached hydrogens (tertiary/aromatic N) is 1. The van der Waals surface area contributed by atoms with Crippen LogP contribution in [0, 0.1) is 12.8 Å². The van der Waals surface area contributed by atoms with Crippen molar-refractivity contribution in [1.82, 2.24) is 4.90 Å². The fourth-order valence-electron chi connectivity index (χ4n) is 2.34. The van der Waals surface area contributed by atoms with E-state index >= 15 is 0 Å². The van der Waals surface area contributed by atoms with Gasteiger partial charge < -0.3 is 10.0 Å². The number of amides is 1. The number of hydrogen-bond acceptors (Lipinski definition) is 2. The predicted molar refractivity (Wildman–Crippen MR) is 71.9 cm³/mol. The van der Waals surface area contributed by atoms with Gasteiger partial charge in [0, 0.05) is 30.3 Å². The summed E-state index contributed by atoms with van der Waals surface area (Å²) >= 11 is 6.04. The summed E-state index contributed by atoms with van der Waals surface area (Å²) in [4.78, 5) is 14.1. The van der Waals surface area contributed by atoms with E-state index in [1.165, 1.54) is 0 Å². The van der Waals surface area contributed by atoms with E-state index < -0.39 is 0 Å². The lowest BCUT2D eigenvalue weighted by atomic mass is 10.1. The van der Waals surface area contributed by atoms with Crippen LogP contribution < -0.4 is 0 Å². The summed E-state index contributed by atoms with van der Waals surface area (Å²) in [5, 5.41) is 9.55. The number of aliphatic hydroxyl groups excluding tert-OH is 1. The molecule has 1 heterocycles. The summed E-state index contributed by atoms with van der Waals surface area (Å²) in [6.07, 6.45) is 1.75. The molecule has 1 aromatic carbocycles. The molecule has 1 fully saturated rings. The maximum absolute atomic E-state index is 12.3. The van der Waals surface area contributed by atoms with E-state index in [4.69, 9.17) is 16.7 Å². The summed E-state index contributed by atoms with van der Waals surface area (Å²) in [5.74, 6) is 0.470. The van der Waals surface area contributed by atoms with Gasteiger partial charge in [-0.25, -0.2) is 0 Å². The maximum Gasteiger partial charge on any atom is 0.253 e. The Labute approximate surface area is 112 Å². The molecule has 1 aliphatic heterocycles. The van der Waals surface area contributed by atoms with Gasteiger partial charge in [0.15, 0.2) is 0 Å². The summed E-state index contributed by atoms with van der Waals surface area (Å²) in [7, 11) is 0. The molecule has 18 heavy (non-hydrogen) atoms. The van der Waals surface area contributed by atoms with Crippen LogP contribution in [0.1, 0.15) is 28.8 Å². The highest BCUT2D eigenvalue weighted by atomic mass is 35.5. The zero-order valence-corrected chi connectivity index (χ0v) is 11.3. The van der Waals surface area contributed by atoms with Crippen molar-refractivity contribution in [3.63, 3.8) is 0 Å². The number of benzene rings is 1. The van der Waals surface area contributed by atoms with E-state index in [0.717, 1.165) is 31.5 Å². The number of carbonyl (C=O) groups excluding carboxylic acids is 1. The van der Waals surface area contributed by atoms with Crippen LogP contribution in [-0.2, 0) is 0 Å². The van der Waals surface area contributed by atoms with Gasteiger partial charge in [-0.2, -0.15) is 0 Å². The van der Waals surface area contributed by atoms with Gasteiger partial charge >= 0.3 is 0 Å². The van der Waals surface area contributed by atoms with Gasteiger partial charge in [0.05, 0.1) is 0 Å². The van der Waals surface area contributed by atoms with Crippen LogP contribution in [0.3, 0.4) is 0 Å². The lowest BCUT2D eigenvalue weighted by molar-refractivity contribution is 0.0784. The third-order valence-electron chi connectivity index (χ3n) is 3.53. The first kappa shape index (κ1) is 13.4. The average molecular weight is 268 g/mol. The molecule has 0 spiro atoms. The van der Waals surface area contributed by atoms with Gasteiger partial charge in [-0.05, 0) is 43.4 Å². The molecule has 2 rings (SSSR count). The van der Waals surface area contributed by atoms with Gasteiger partial charge in [0.25, 0.3) is 5.91 Å². The second kappa shape index (κ2) is 5.72. The maximum atomic E-state index is 12.3. The summed E-state index contributed by atoms with van der Waals surface area (Å²) in [5.41, 5.74) is 1.63. The minimum absolute atomic E-state index is 0.0392. The molecule has 0 radical (unpaired) electrons. The standard InChI is InChI=1S/C14H18ClNO2/c1-10-2-3-12(8-13(10)15)14(18)16-6-4-11(9-16)5-7-17/h2-3,8,11,17H,4-7,9H2,1H3. The van der Waals surface area contributed by atoms with Crippen LogP contribution >= 0.6 is 11.6 Å². The van der Waals surface area contributed by atoms with Crippen molar-refractivity contribution >= 4 is 17.5 Å². The third kappa shape index (κ3) is 2.85. The molecular formula is C14H18ClNO2. The van der Waals surface area contributed by atoms with Crippen molar-refractivity contribution in [3.05, 3.63) is 34.3 Å². The van der Waals surface area contributed by atoms with Gasteiger partial charge in [0.1, 0.15) is 0 Å². The Bertz CT molecular complexity index is 447. The van der Waals surface area contributed by atoms with Crippen LogP contribution in [0.4, 0.5) is 0 Å². The average Bonchev–Trinajstić information content (AvgIpc) is 2.81. The fraction of sp³-hybridized carbons (Fsp3) is 0.500. The van der Waals surface area contributed by atoms with Crippen molar-refractivity contribution in [2.75, 3.05) is 19.7 Å². The van der Waals surface area contributed by atoms with E-state index in [9.17, 15) is 4.79 Å². The summed E-state index contributed by atoms with van der Waals surface area (Å²) < 4.78 is 0. The van der Waals surface area contributed by atoms with Crippen molar-refractivity contribution in [3.8, 4) is 0 Å². The van der Waals surface area contributed by atoms with Crippen LogP contribution in [0.15, 0.2) is 18.2 Å². The molecule has 0 aliphatic carbocycles. The lowest BCUT2D eigenvalue weighted by Gasteiger charge is -2.16. The molecular weight excluding hydrogens is 250 g/mol. The van der Waals surface area contributed by atoms with Crippen LogP contribution in [-0.4, -0.2) is 35.6 Å². The van der Waals surface area contributed by atoms with Gasteiger partial charge in [-0.1, -0.05) is 17.7 Å². The number of likely N-dealkylation sites (tertiary alicyclic amines) is 1. The minimum Gasteiger partial charge on any atom is -0.396 e. The topological polar surface area (TPSA) is 40.5 Å². The monoisotopic (exact) mass is 267 g/mol. The Morgan fingerprint density at radius 3 is 3.00 bits per heavy atom. The quantitative estimate of drug-likeness (QED) is 0.914. The highest BCUT2D eigenvalue weighted by Crippen LogP contribution is 2.23. The zero-order chi connectivity index (χ0) is 13.1. The molecule has 4 heteroatoms. The normalized spacial score (nSPS) is 19.3. The number of aliphatic hydroxyl groups is 1. The van der Waals surface area contributed by atoms with Crippen molar-refractivity contribution in [1.29, 1.82) is 0 Å². The van der Waals surface area contributed by atoms with E-state index in [0.29, 0.717) is 16.5 Å². The molecule has 1 unspecified atom stereocenters. The second-order valence-electron chi connectivity index (χ2n) is 4.88. The highest BCUT2D eigenvalue weighted by molar-refractivity contribution is 6.31. The molecule has 1 saturated heterocycles. The summed E-state index contributed by atoms with van der Waals surface area (Å²) in [6.45, 7) is 3.63. The van der Waals surface area contributed by atoms with E-state index in [1.54, 1.807) is 6.07 Å². The zero-order valence-electron chi connectivity index (χ0n) is 10.5. The molecule has 1 N–H and O–H groups in total. The first-order chi connectivity index (χ1) is 8.61. The highest BCUT2D eigenvalue weighted by Gasteiger charge is 2.26. The van der Waals surface area contributed by atoms with E-state index in [1.807, 2.05) is 24.0 Å². The molecule has 0 bridgehead atoms. The number of halogens is 1. The molecule has 0 aromatic heterocycles. The molecule has 1 aromatic rings. The van der Waals surface area contributed by atoms with Crippen LogP contribution in [0.25, 0.3) is 0 Å². The Kier molecular flexibility index (Phi) is 4.25. The number of aryl methyl sites for hydroxylation is 1. The Morgan fingerprint density at radius 1 is 1.56 bits per heavy atom. The van der Waals surface area contributed by atoms with Gasteiger partial charge in [0.2, 0.25) is 0 Å². The number of hydrogen-bond donors (Lipinski definition) is 1. The third-order valence-corrected chi connectivity index (χ3v) is 3.94. The van der Waals surface area contributed by atoms with Gasteiger partial charge in [-0.3, -0.25) is 4.79 Å². The molecule has 1 aliphatic rings. The number of rotatable bonds is 3. The Hall–Kier alpha value is -1.06. The van der Waals surface area contributed by atoms with Crippen LogP contribution in [0.2, 0.25) is 5.02 Å².